The maximum atomic E-state index is 13.5. The maximum absolute atomic E-state index is 13.5. The Hall–Kier alpha value is -2.70. The van der Waals surface area contributed by atoms with Crippen molar-refractivity contribution in [1.29, 1.82) is 0 Å². The summed E-state index contributed by atoms with van der Waals surface area (Å²) in [5.41, 5.74) is 4.09. The largest absolute Gasteiger partial charge is 0.379 e. The zero-order valence-electron chi connectivity index (χ0n) is 18.6. The number of H-pyrrole nitrogens is 1. The average Bonchev–Trinajstić information content (AvgIpc) is 3.17. The van der Waals surface area contributed by atoms with Crippen molar-refractivity contribution in [3.05, 3.63) is 65.5 Å². The van der Waals surface area contributed by atoms with E-state index in [0.29, 0.717) is 5.92 Å². The van der Waals surface area contributed by atoms with Crippen molar-refractivity contribution in [1.82, 2.24) is 19.8 Å². The lowest BCUT2D eigenvalue weighted by Gasteiger charge is -2.28. The lowest BCUT2D eigenvalue weighted by molar-refractivity contribution is 0.0340. The first-order chi connectivity index (χ1) is 15.8. The number of nitrogens with one attached hydrogen (secondary N) is 1. The van der Waals surface area contributed by atoms with E-state index in [2.05, 4.69) is 39.0 Å². The van der Waals surface area contributed by atoms with Gasteiger partial charge in [0.15, 0.2) is 0 Å². The Morgan fingerprint density at radius 3 is 2.81 bits per heavy atom. The molecule has 2 aliphatic rings. The zero-order chi connectivity index (χ0) is 21.8. The minimum Gasteiger partial charge on any atom is -0.379 e. The summed E-state index contributed by atoms with van der Waals surface area (Å²) in [5, 5.41) is 1.15. The Labute approximate surface area is 189 Å². The molecule has 2 aromatic heterocycles. The number of morpholine rings is 1. The molecule has 2 fully saturated rings. The average molecular weight is 433 g/mol. The molecule has 168 valence electrons. The van der Waals surface area contributed by atoms with Gasteiger partial charge in [0.2, 0.25) is 0 Å². The first-order valence-electron chi connectivity index (χ1n) is 11.9. The van der Waals surface area contributed by atoms with Gasteiger partial charge in [0.1, 0.15) is 5.65 Å². The Morgan fingerprint density at radius 1 is 1.03 bits per heavy atom. The molecule has 0 radical (unpaired) electrons. The van der Waals surface area contributed by atoms with Crippen LogP contribution in [0.4, 0.5) is 0 Å². The van der Waals surface area contributed by atoms with Crippen LogP contribution in [0.25, 0.3) is 11.0 Å². The van der Waals surface area contributed by atoms with Crippen molar-refractivity contribution >= 4 is 16.9 Å². The van der Waals surface area contributed by atoms with Crippen LogP contribution >= 0.6 is 0 Å². The number of pyridine rings is 1. The van der Waals surface area contributed by atoms with Crippen LogP contribution in [0.1, 0.15) is 40.9 Å². The van der Waals surface area contributed by atoms with Gasteiger partial charge in [-0.15, -0.1) is 0 Å². The molecule has 0 spiro atoms. The van der Waals surface area contributed by atoms with Crippen molar-refractivity contribution in [2.45, 2.75) is 32.2 Å². The molecule has 1 N–H and O–H groups in total. The molecule has 5 rings (SSSR count). The molecule has 1 amide bonds. The number of rotatable bonds is 5. The van der Waals surface area contributed by atoms with Gasteiger partial charge >= 0.3 is 0 Å². The van der Waals surface area contributed by atoms with E-state index in [9.17, 15) is 4.79 Å². The maximum Gasteiger partial charge on any atom is 0.254 e. The van der Waals surface area contributed by atoms with Gasteiger partial charge in [-0.3, -0.25) is 9.69 Å². The number of hydrogen-bond donors (Lipinski definition) is 1. The van der Waals surface area contributed by atoms with Crippen LogP contribution in [-0.2, 0) is 17.7 Å². The fraction of sp³-hybridized carbons (Fsp3) is 0.462. The Kier molecular flexibility index (Phi) is 6.51. The van der Waals surface area contributed by atoms with Crippen LogP contribution < -0.4 is 0 Å². The van der Waals surface area contributed by atoms with E-state index in [1.807, 2.05) is 24.4 Å². The second-order valence-corrected chi connectivity index (χ2v) is 9.06. The highest BCUT2D eigenvalue weighted by molar-refractivity contribution is 5.95. The molecular weight excluding hydrogens is 400 g/mol. The van der Waals surface area contributed by atoms with E-state index in [1.54, 1.807) is 0 Å². The Morgan fingerprint density at radius 2 is 1.91 bits per heavy atom. The van der Waals surface area contributed by atoms with Crippen LogP contribution in [0, 0.1) is 5.92 Å². The Bertz CT molecular complexity index is 1060. The quantitative estimate of drug-likeness (QED) is 0.665. The van der Waals surface area contributed by atoms with Crippen LogP contribution in [0.2, 0.25) is 0 Å². The van der Waals surface area contributed by atoms with Crippen LogP contribution in [0.3, 0.4) is 0 Å². The number of fused-ring (bicyclic) bond motifs is 1. The third-order valence-corrected chi connectivity index (χ3v) is 6.85. The summed E-state index contributed by atoms with van der Waals surface area (Å²) in [5.74, 6) is 0.747. The van der Waals surface area contributed by atoms with Crippen LogP contribution in [0.5, 0.6) is 0 Å². The Balaban J connectivity index is 1.22. The number of carbonyl (C=O) groups is 1. The number of benzene rings is 1. The number of aromatic nitrogens is 2. The molecule has 4 heterocycles. The topological polar surface area (TPSA) is 61.5 Å². The summed E-state index contributed by atoms with van der Waals surface area (Å²) in [6, 6.07) is 14.5. The van der Waals surface area contributed by atoms with Gasteiger partial charge in [-0.25, -0.2) is 4.98 Å². The van der Waals surface area contributed by atoms with E-state index in [-0.39, 0.29) is 5.91 Å². The fourth-order valence-corrected chi connectivity index (χ4v) is 4.99. The summed E-state index contributed by atoms with van der Waals surface area (Å²) in [6.45, 7) is 5.87. The summed E-state index contributed by atoms with van der Waals surface area (Å²) in [4.78, 5) is 25.9. The van der Waals surface area contributed by atoms with E-state index >= 15 is 0 Å². The van der Waals surface area contributed by atoms with Gasteiger partial charge in [0.25, 0.3) is 5.91 Å². The normalized spacial score (nSPS) is 20.4. The second-order valence-electron chi connectivity index (χ2n) is 9.06. The molecule has 3 aromatic rings. The molecule has 2 aliphatic heterocycles. The molecule has 32 heavy (non-hydrogen) atoms. The summed E-state index contributed by atoms with van der Waals surface area (Å²) in [6.07, 6.45) is 6.14. The molecule has 1 aromatic carbocycles. The number of hydrogen-bond acceptors (Lipinski definition) is 4. The lowest BCUT2D eigenvalue weighted by atomic mass is 9.95. The summed E-state index contributed by atoms with van der Waals surface area (Å²) < 4.78 is 5.47. The third kappa shape index (κ3) is 4.87. The standard InChI is InChI=1S/C26H32N4O2/c31-26(24-6-2-1-5-22(24)19-29-14-16-32-17-15-29)30-12-3-4-20(10-13-30)18-23-8-7-21-9-11-27-25(21)28-23/h1-2,5-9,11,20H,3-4,10,12-19H2,(H,27,28)/t20-/m0/s1. The van der Waals surface area contributed by atoms with Crippen LogP contribution in [0.15, 0.2) is 48.7 Å². The molecule has 6 nitrogen and oxygen atoms in total. The molecule has 1 atom stereocenters. The summed E-state index contributed by atoms with van der Waals surface area (Å²) in [7, 11) is 0. The number of carbonyl (C=O) groups excluding carboxylic acids is 1. The predicted octanol–water partition coefficient (Wildman–Crippen LogP) is 3.88. The molecule has 0 unspecified atom stereocenters. The van der Waals surface area contributed by atoms with Gasteiger partial charge in [-0.05, 0) is 61.4 Å². The van der Waals surface area contributed by atoms with Gasteiger partial charge in [0, 0.05) is 55.6 Å². The van der Waals surface area contributed by atoms with Crippen molar-refractivity contribution in [3.8, 4) is 0 Å². The number of amides is 1. The highest BCUT2D eigenvalue weighted by atomic mass is 16.5. The summed E-state index contributed by atoms with van der Waals surface area (Å²) >= 11 is 0. The molecule has 0 aliphatic carbocycles. The second kappa shape index (κ2) is 9.84. The lowest BCUT2D eigenvalue weighted by Crippen LogP contribution is -2.37. The first-order valence-corrected chi connectivity index (χ1v) is 11.9. The predicted molar refractivity (Wildman–Crippen MR) is 126 cm³/mol. The smallest absolute Gasteiger partial charge is 0.254 e. The minimum atomic E-state index is 0.181. The molecule has 2 saturated heterocycles. The highest BCUT2D eigenvalue weighted by Gasteiger charge is 2.24. The number of nitrogens with zero attached hydrogens (tertiary/aromatic N) is 3. The van der Waals surface area contributed by atoms with Gasteiger partial charge in [-0.2, -0.15) is 0 Å². The highest BCUT2D eigenvalue weighted by Crippen LogP contribution is 2.24. The van der Waals surface area contributed by atoms with E-state index in [0.717, 1.165) is 99.5 Å². The molecular formula is C26H32N4O2. The zero-order valence-corrected chi connectivity index (χ0v) is 18.6. The van der Waals surface area contributed by atoms with E-state index in [4.69, 9.17) is 9.72 Å². The van der Waals surface area contributed by atoms with Crippen molar-refractivity contribution in [2.75, 3.05) is 39.4 Å². The van der Waals surface area contributed by atoms with Crippen molar-refractivity contribution in [3.63, 3.8) is 0 Å². The van der Waals surface area contributed by atoms with Crippen LogP contribution in [-0.4, -0.2) is 65.1 Å². The van der Waals surface area contributed by atoms with Gasteiger partial charge < -0.3 is 14.6 Å². The van der Waals surface area contributed by atoms with Gasteiger partial charge in [-0.1, -0.05) is 18.2 Å². The van der Waals surface area contributed by atoms with E-state index < -0.39 is 0 Å². The molecule has 0 bridgehead atoms. The van der Waals surface area contributed by atoms with Crippen molar-refractivity contribution in [2.24, 2.45) is 5.92 Å². The van der Waals surface area contributed by atoms with Crippen molar-refractivity contribution < 1.29 is 9.53 Å². The third-order valence-electron chi connectivity index (χ3n) is 6.85. The fourth-order valence-electron chi connectivity index (χ4n) is 4.99. The minimum absolute atomic E-state index is 0.181. The number of likely N-dealkylation sites (tertiary alicyclic amines) is 1. The van der Waals surface area contributed by atoms with Gasteiger partial charge in [0.05, 0.1) is 13.2 Å². The van der Waals surface area contributed by atoms with E-state index in [1.165, 1.54) is 0 Å². The number of aromatic amines is 1. The molecule has 6 heteroatoms. The first kappa shape index (κ1) is 21.2. The SMILES string of the molecule is O=C(c1ccccc1CN1CCOCC1)N1CCC[C@H](Cc2ccc3cc[nH]c3n2)CC1. The number of ether oxygens (including phenoxy) is 1. The monoisotopic (exact) mass is 432 g/mol. The molecule has 0 saturated carbocycles.